The summed E-state index contributed by atoms with van der Waals surface area (Å²) < 4.78 is 25.2. The van der Waals surface area contributed by atoms with E-state index in [1.807, 2.05) is 30.3 Å². The van der Waals surface area contributed by atoms with Crippen LogP contribution in [-0.2, 0) is 14.6 Å². The molecular formula is C14H15N5O3S. The summed E-state index contributed by atoms with van der Waals surface area (Å²) in [6.45, 7) is 1.43. The number of hydrogen-bond acceptors (Lipinski definition) is 7. The molecule has 0 saturated carbocycles. The van der Waals surface area contributed by atoms with Crippen LogP contribution in [0.4, 0.5) is 5.82 Å². The lowest BCUT2D eigenvalue weighted by Gasteiger charge is -2.20. The van der Waals surface area contributed by atoms with Gasteiger partial charge in [-0.3, -0.25) is 4.79 Å². The second-order valence-electron chi connectivity index (χ2n) is 5.32. The summed E-state index contributed by atoms with van der Waals surface area (Å²) in [6, 6.07) is 8.52. The van der Waals surface area contributed by atoms with Crippen LogP contribution in [0, 0.1) is 0 Å². The standard InChI is InChI=1S/C14H15N5O3S/c1-9(20)8-11-12-13(16-14(15-11)23(2,21)22)19(18-17-12)10-6-4-3-5-7-10/h3-7,11H,8H2,1-2H3,(H,15,16). The van der Waals surface area contributed by atoms with Crippen LogP contribution in [0.25, 0.3) is 5.69 Å². The third-order valence-electron chi connectivity index (χ3n) is 3.34. The van der Waals surface area contributed by atoms with Gasteiger partial charge in [0.25, 0.3) is 0 Å². The molecule has 120 valence electrons. The minimum absolute atomic E-state index is 0.0706. The van der Waals surface area contributed by atoms with Crippen molar-refractivity contribution in [3.05, 3.63) is 36.0 Å². The molecule has 1 atom stereocenters. The zero-order chi connectivity index (χ0) is 16.6. The van der Waals surface area contributed by atoms with Crippen LogP contribution in [-0.4, -0.2) is 40.6 Å². The SMILES string of the molecule is CC(=O)CC1N=C(S(C)(=O)=O)Nc2c1nnn2-c1ccccc1. The number of fused-ring (bicyclic) bond motifs is 1. The maximum atomic E-state index is 11.9. The molecular weight excluding hydrogens is 318 g/mol. The van der Waals surface area contributed by atoms with E-state index in [1.165, 1.54) is 11.6 Å². The highest BCUT2D eigenvalue weighted by Crippen LogP contribution is 2.32. The first kappa shape index (κ1) is 15.3. The molecule has 2 heterocycles. The first-order chi connectivity index (χ1) is 10.9. The molecule has 1 aromatic heterocycles. The molecule has 1 N–H and O–H groups in total. The Labute approximate surface area is 133 Å². The molecule has 23 heavy (non-hydrogen) atoms. The fourth-order valence-electron chi connectivity index (χ4n) is 2.32. The van der Waals surface area contributed by atoms with E-state index in [4.69, 9.17) is 0 Å². The third-order valence-corrected chi connectivity index (χ3v) is 4.25. The second-order valence-corrected chi connectivity index (χ2v) is 7.26. The molecule has 2 aromatic rings. The van der Waals surface area contributed by atoms with Gasteiger partial charge in [0.15, 0.2) is 5.82 Å². The summed E-state index contributed by atoms with van der Waals surface area (Å²) >= 11 is 0. The highest BCUT2D eigenvalue weighted by molar-refractivity contribution is 8.06. The molecule has 8 nitrogen and oxygen atoms in total. The van der Waals surface area contributed by atoms with Gasteiger partial charge >= 0.3 is 0 Å². The van der Waals surface area contributed by atoms with Crippen molar-refractivity contribution in [3.63, 3.8) is 0 Å². The van der Waals surface area contributed by atoms with Crippen molar-refractivity contribution in [2.45, 2.75) is 19.4 Å². The van der Waals surface area contributed by atoms with Crippen LogP contribution in [0.15, 0.2) is 35.3 Å². The van der Waals surface area contributed by atoms with Gasteiger partial charge in [-0.1, -0.05) is 23.4 Å². The number of anilines is 1. The third kappa shape index (κ3) is 3.00. The fraction of sp³-hybridized carbons (Fsp3) is 0.286. The number of nitrogens with one attached hydrogen (secondary N) is 1. The monoisotopic (exact) mass is 333 g/mol. The Hall–Kier alpha value is -2.55. The molecule has 0 radical (unpaired) electrons. The number of amidine groups is 1. The van der Waals surface area contributed by atoms with E-state index < -0.39 is 15.9 Å². The second kappa shape index (κ2) is 5.58. The summed E-state index contributed by atoms with van der Waals surface area (Å²) in [5.74, 6) is 0.312. The van der Waals surface area contributed by atoms with E-state index >= 15 is 0 Å². The number of sulfone groups is 1. The average molecular weight is 333 g/mol. The van der Waals surface area contributed by atoms with Crippen LogP contribution in [0.2, 0.25) is 0 Å². The lowest BCUT2D eigenvalue weighted by molar-refractivity contribution is -0.117. The van der Waals surface area contributed by atoms with Crippen LogP contribution < -0.4 is 5.32 Å². The molecule has 0 aliphatic carbocycles. The number of aliphatic imine (C=N–C) groups is 1. The molecule has 1 unspecified atom stereocenters. The van der Waals surface area contributed by atoms with Gasteiger partial charge in [-0.25, -0.2) is 13.4 Å². The largest absolute Gasteiger partial charge is 0.314 e. The van der Waals surface area contributed by atoms with Gasteiger partial charge in [0, 0.05) is 12.7 Å². The Balaban J connectivity index is 2.12. The van der Waals surface area contributed by atoms with Gasteiger partial charge in [0.1, 0.15) is 17.5 Å². The summed E-state index contributed by atoms with van der Waals surface area (Å²) in [5.41, 5.74) is 1.18. The normalized spacial score (nSPS) is 17.1. The highest BCUT2D eigenvalue weighted by atomic mass is 32.2. The van der Waals surface area contributed by atoms with Crippen molar-refractivity contribution in [1.29, 1.82) is 0 Å². The Morgan fingerprint density at radius 2 is 2.00 bits per heavy atom. The summed E-state index contributed by atoms with van der Waals surface area (Å²) in [6.07, 6.45) is 1.13. The van der Waals surface area contributed by atoms with E-state index in [-0.39, 0.29) is 17.4 Å². The topological polar surface area (TPSA) is 106 Å². The lowest BCUT2D eigenvalue weighted by Crippen LogP contribution is -2.29. The number of Topliss-reactive ketones (excluding diaryl/α,β-unsaturated/α-hetero) is 1. The molecule has 3 rings (SSSR count). The number of aromatic nitrogens is 3. The van der Waals surface area contributed by atoms with Crippen molar-refractivity contribution in [2.75, 3.05) is 11.6 Å². The van der Waals surface area contributed by atoms with Gasteiger partial charge in [0.2, 0.25) is 15.0 Å². The van der Waals surface area contributed by atoms with Crippen molar-refractivity contribution >= 4 is 26.6 Å². The smallest absolute Gasteiger partial charge is 0.222 e. The van der Waals surface area contributed by atoms with Crippen LogP contribution in [0.3, 0.4) is 0 Å². The van der Waals surface area contributed by atoms with Crippen LogP contribution in [0.1, 0.15) is 25.1 Å². The van der Waals surface area contributed by atoms with E-state index in [0.717, 1.165) is 11.9 Å². The quantitative estimate of drug-likeness (QED) is 0.902. The number of ketones is 1. The maximum Gasteiger partial charge on any atom is 0.222 e. The van der Waals surface area contributed by atoms with Crippen molar-refractivity contribution < 1.29 is 13.2 Å². The molecule has 9 heteroatoms. The molecule has 0 amide bonds. The zero-order valence-corrected chi connectivity index (χ0v) is 13.4. The number of nitrogens with zero attached hydrogens (tertiary/aromatic N) is 4. The predicted molar refractivity (Wildman–Crippen MR) is 85.3 cm³/mol. The van der Waals surface area contributed by atoms with Crippen molar-refractivity contribution in [3.8, 4) is 5.69 Å². The van der Waals surface area contributed by atoms with E-state index in [9.17, 15) is 13.2 Å². The number of para-hydroxylation sites is 1. The molecule has 0 saturated heterocycles. The minimum Gasteiger partial charge on any atom is -0.314 e. The van der Waals surface area contributed by atoms with E-state index in [2.05, 4.69) is 20.6 Å². The summed E-state index contributed by atoms with van der Waals surface area (Å²) in [7, 11) is -3.56. The first-order valence-electron chi connectivity index (χ1n) is 6.91. The first-order valence-corrected chi connectivity index (χ1v) is 8.81. The Morgan fingerprint density at radius 1 is 1.30 bits per heavy atom. The minimum atomic E-state index is -3.56. The highest BCUT2D eigenvalue weighted by Gasteiger charge is 2.32. The zero-order valence-electron chi connectivity index (χ0n) is 12.6. The molecule has 0 bridgehead atoms. The van der Waals surface area contributed by atoms with Gasteiger partial charge in [-0.05, 0) is 19.1 Å². The lowest BCUT2D eigenvalue weighted by atomic mass is 10.1. The molecule has 1 aromatic carbocycles. The molecule has 1 aliphatic heterocycles. The van der Waals surface area contributed by atoms with Crippen molar-refractivity contribution in [2.24, 2.45) is 4.99 Å². The van der Waals surface area contributed by atoms with Crippen LogP contribution >= 0.6 is 0 Å². The molecule has 0 spiro atoms. The van der Waals surface area contributed by atoms with E-state index in [0.29, 0.717) is 11.5 Å². The summed E-state index contributed by atoms with van der Waals surface area (Å²) in [5, 5.41) is 10.7. The van der Waals surface area contributed by atoms with Gasteiger partial charge < -0.3 is 5.32 Å². The molecule has 0 fully saturated rings. The predicted octanol–water partition coefficient (Wildman–Crippen LogP) is 1.11. The average Bonchev–Trinajstić information content (AvgIpc) is 2.91. The van der Waals surface area contributed by atoms with E-state index in [1.54, 1.807) is 0 Å². The van der Waals surface area contributed by atoms with Gasteiger partial charge in [0.05, 0.1) is 5.69 Å². The van der Waals surface area contributed by atoms with Gasteiger partial charge in [-0.2, -0.15) is 4.68 Å². The number of carbonyl (C=O) groups is 1. The number of rotatable bonds is 3. The number of benzene rings is 1. The van der Waals surface area contributed by atoms with Crippen LogP contribution in [0.5, 0.6) is 0 Å². The Morgan fingerprint density at radius 3 is 2.61 bits per heavy atom. The summed E-state index contributed by atoms with van der Waals surface area (Å²) in [4.78, 5) is 15.6. The Bertz CT molecular complexity index is 886. The number of hydrogen-bond donors (Lipinski definition) is 1. The fourth-order valence-corrected chi connectivity index (χ4v) is 2.92. The maximum absolute atomic E-state index is 11.9. The Kier molecular flexibility index (Phi) is 3.72. The molecule has 1 aliphatic rings. The van der Waals surface area contributed by atoms with Crippen molar-refractivity contribution in [1.82, 2.24) is 15.0 Å². The van der Waals surface area contributed by atoms with Gasteiger partial charge in [-0.15, -0.1) is 5.10 Å². The number of carbonyl (C=O) groups excluding carboxylic acids is 1.